The molecule has 0 radical (unpaired) electrons. The molecule has 0 unspecified atom stereocenters. The average molecular weight is 378 g/mol. The Bertz CT molecular complexity index is 921. The van der Waals surface area contributed by atoms with Crippen LogP contribution in [0.4, 0.5) is 37.8 Å². The highest BCUT2D eigenvalue weighted by Gasteiger charge is 2.36. The van der Waals surface area contributed by atoms with Crippen molar-refractivity contribution < 1.29 is 31.1 Å². The Morgan fingerprint density at radius 2 is 1.81 bits per heavy atom. The quantitative estimate of drug-likeness (QED) is 0.703. The first-order valence-electron chi connectivity index (χ1n) is 6.85. The summed E-state index contributed by atoms with van der Waals surface area (Å²) in [7, 11) is 0. The van der Waals surface area contributed by atoms with Crippen LogP contribution in [0.3, 0.4) is 0 Å². The number of ether oxygens (including phenoxy) is 1. The van der Waals surface area contributed by atoms with E-state index < -0.39 is 30.3 Å². The first-order chi connectivity index (χ1) is 12.1. The maximum absolute atomic E-state index is 13.1. The monoisotopic (exact) mass is 378 g/mol. The highest BCUT2D eigenvalue weighted by atomic mass is 19.4. The molecule has 0 amide bonds. The number of anilines is 2. The van der Waals surface area contributed by atoms with Crippen molar-refractivity contribution in [1.82, 2.24) is 25.3 Å². The van der Waals surface area contributed by atoms with Crippen LogP contribution in [0.5, 0.6) is 5.75 Å². The van der Waals surface area contributed by atoms with Gasteiger partial charge < -0.3 is 10.1 Å². The zero-order valence-electron chi connectivity index (χ0n) is 12.5. The van der Waals surface area contributed by atoms with Crippen LogP contribution in [0.25, 0.3) is 5.65 Å². The zero-order chi connectivity index (χ0) is 18.9. The molecule has 7 nitrogen and oxygen atoms in total. The molecule has 1 N–H and O–H groups in total. The van der Waals surface area contributed by atoms with Crippen LogP contribution < -0.4 is 10.1 Å². The number of fused-ring (bicyclic) bond motifs is 1. The third kappa shape index (κ3) is 4.10. The Kier molecular flexibility index (Phi) is 4.29. The molecule has 0 aliphatic carbocycles. The van der Waals surface area contributed by atoms with Gasteiger partial charge in [-0.1, -0.05) is 0 Å². The standard InChI is InChI=1S/C13H8F6N6O/c14-12(15,16)6-26-9-2-1-7(5-8(9)13(17,18)19)20-10-3-4-11-21-23-24-25(11)22-10/h1-5H,6H2,(H,20,22). The van der Waals surface area contributed by atoms with Crippen molar-refractivity contribution in [1.29, 1.82) is 0 Å². The van der Waals surface area contributed by atoms with Crippen LogP contribution in [0.15, 0.2) is 30.3 Å². The maximum Gasteiger partial charge on any atom is 0.422 e. The van der Waals surface area contributed by atoms with Gasteiger partial charge in [0.25, 0.3) is 0 Å². The van der Waals surface area contributed by atoms with Crippen molar-refractivity contribution >= 4 is 17.2 Å². The molecule has 3 rings (SSSR count). The molecule has 2 aromatic heterocycles. The molecule has 0 aliphatic heterocycles. The van der Waals surface area contributed by atoms with Crippen molar-refractivity contribution in [3.05, 3.63) is 35.9 Å². The predicted molar refractivity (Wildman–Crippen MR) is 74.9 cm³/mol. The van der Waals surface area contributed by atoms with Gasteiger partial charge in [-0.05, 0) is 40.8 Å². The molecule has 26 heavy (non-hydrogen) atoms. The molecule has 2 heterocycles. The van der Waals surface area contributed by atoms with E-state index in [0.717, 1.165) is 16.8 Å². The third-order valence-corrected chi connectivity index (χ3v) is 3.02. The van der Waals surface area contributed by atoms with Crippen LogP contribution in [-0.2, 0) is 6.18 Å². The number of hydrogen-bond acceptors (Lipinski definition) is 6. The summed E-state index contributed by atoms with van der Waals surface area (Å²) < 4.78 is 81.2. The molecule has 0 atom stereocenters. The van der Waals surface area contributed by atoms with E-state index in [0.29, 0.717) is 11.7 Å². The molecule has 138 valence electrons. The van der Waals surface area contributed by atoms with Crippen LogP contribution in [0.1, 0.15) is 5.56 Å². The van der Waals surface area contributed by atoms with Gasteiger partial charge in [0, 0.05) is 5.69 Å². The first-order valence-corrected chi connectivity index (χ1v) is 6.85. The molecule has 0 bridgehead atoms. The topological polar surface area (TPSA) is 77.2 Å². The minimum absolute atomic E-state index is 0.0587. The number of benzene rings is 1. The van der Waals surface area contributed by atoms with E-state index in [2.05, 4.69) is 30.7 Å². The van der Waals surface area contributed by atoms with Crippen molar-refractivity contribution in [3.8, 4) is 5.75 Å². The largest absolute Gasteiger partial charge is 0.483 e. The number of aromatic nitrogens is 5. The highest BCUT2D eigenvalue weighted by Crippen LogP contribution is 2.38. The summed E-state index contributed by atoms with van der Waals surface area (Å²) in [6, 6.07) is 5.45. The van der Waals surface area contributed by atoms with Gasteiger partial charge in [-0.3, -0.25) is 0 Å². The van der Waals surface area contributed by atoms with Gasteiger partial charge in [0.15, 0.2) is 18.1 Å². The number of rotatable bonds is 4. The lowest BCUT2D eigenvalue weighted by Gasteiger charge is -2.16. The Labute approximate surface area is 140 Å². The van der Waals surface area contributed by atoms with Crippen molar-refractivity contribution in [2.45, 2.75) is 12.4 Å². The smallest absolute Gasteiger partial charge is 0.422 e. The highest BCUT2D eigenvalue weighted by molar-refractivity contribution is 5.60. The molecule has 0 fully saturated rings. The van der Waals surface area contributed by atoms with Crippen molar-refractivity contribution in [3.63, 3.8) is 0 Å². The van der Waals surface area contributed by atoms with E-state index in [-0.39, 0.29) is 11.5 Å². The minimum Gasteiger partial charge on any atom is -0.483 e. The van der Waals surface area contributed by atoms with E-state index in [1.54, 1.807) is 0 Å². The molecule has 0 spiro atoms. The lowest BCUT2D eigenvalue weighted by Crippen LogP contribution is -2.21. The Morgan fingerprint density at radius 3 is 2.50 bits per heavy atom. The molecule has 1 aromatic carbocycles. The molecule has 13 heteroatoms. The molecule has 3 aromatic rings. The van der Waals surface area contributed by atoms with Gasteiger partial charge in [0.1, 0.15) is 5.75 Å². The number of hydrogen-bond donors (Lipinski definition) is 1. The van der Waals surface area contributed by atoms with E-state index in [1.807, 2.05) is 0 Å². The second-order valence-electron chi connectivity index (χ2n) is 4.98. The van der Waals surface area contributed by atoms with E-state index in [4.69, 9.17) is 0 Å². The van der Waals surface area contributed by atoms with Gasteiger partial charge in [-0.25, -0.2) is 0 Å². The summed E-state index contributed by atoms with van der Waals surface area (Å²) in [5.41, 5.74) is -1.09. The zero-order valence-corrected chi connectivity index (χ0v) is 12.5. The maximum atomic E-state index is 13.1. The Balaban J connectivity index is 1.88. The summed E-state index contributed by atoms with van der Waals surface area (Å²) in [5, 5.41) is 17.0. The molecular weight excluding hydrogens is 370 g/mol. The first kappa shape index (κ1) is 17.7. The number of nitrogens with zero attached hydrogens (tertiary/aromatic N) is 5. The normalized spacial score (nSPS) is 12.4. The second-order valence-corrected chi connectivity index (χ2v) is 4.98. The van der Waals surface area contributed by atoms with Crippen molar-refractivity contribution in [2.24, 2.45) is 0 Å². The van der Waals surface area contributed by atoms with Crippen LogP contribution in [0, 0.1) is 0 Å². The number of nitrogens with one attached hydrogen (secondary N) is 1. The van der Waals surface area contributed by atoms with Crippen LogP contribution in [-0.4, -0.2) is 38.0 Å². The fourth-order valence-electron chi connectivity index (χ4n) is 1.98. The summed E-state index contributed by atoms with van der Waals surface area (Å²) in [5.74, 6) is -0.800. The van der Waals surface area contributed by atoms with Gasteiger partial charge in [-0.2, -0.15) is 26.3 Å². The summed E-state index contributed by atoms with van der Waals surface area (Å²) in [6.45, 7) is -1.83. The molecule has 0 aliphatic rings. The van der Waals surface area contributed by atoms with Gasteiger partial charge >= 0.3 is 12.4 Å². The van der Waals surface area contributed by atoms with Gasteiger partial charge in [0.2, 0.25) is 0 Å². The molecular formula is C13H8F6N6O. The number of tetrazole rings is 1. The number of alkyl halides is 6. The minimum atomic E-state index is -4.91. The molecule has 0 saturated heterocycles. The van der Waals surface area contributed by atoms with Gasteiger partial charge in [0.05, 0.1) is 5.56 Å². The lowest BCUT2D eigenvalue weighted by atomic mass is 10.1. The Hall–Kier alpha value is -3.12. The van der Waals surface area contributed by atoms with Crippen molar-refractivity contribution in [2.75, 3.05) is 11.9 Å². The van der Waals surface area contributed by atoms with Crippen LogP contribution in [0.2, 0.25) is 0 Å². The summed E-state index contributed by atoms with van der Waals surface area (Å²) >= 11 is 0. The number of halogens is 6. The van der Waals surface area contributed by atoms with Crippen LogP contribution >= 0.6 is 0 Å². The summed E-state index contributed by atoms with van der Waals surface area (Å²) in [6.07, 6.45) is -9.67. The SMILES string of the molecule is FC(F)(F)COc1ccc(Nc2ccc3nnnn3n2)cc1C(F)(F)F. The molecule has 0 saturated carbocycles. The fourth-order valence-corrected chi connectivity index (χ4v) is 1.98. The van der Waals surface area contributed by atoms with E-state index in [9.17, 15) is 26.3 Å². The third-order valence-electron chi connectivity index (χ3n) is 3.02. The van der Waals surface area contributed by atoms with E-state index in [1.165, 1.54) is 12.1 Å². The average Bonchev–Trinajstić information content (AvgIpc) is 2.99. The van der Waals surface area contributed by atoms with E-state index >= 15 is 0 Å². The fraction of sp³-hybridized carbons (Fsp3) is 0.231. The second kappa shape index (κ2) is 6.31. The summed E-state index contributed by atoms with van der Waals surface area (Å²) in [4.78, 5) is 0. The van der Waals surface area contributed by atoms with Gasteiger partial charge in [-0.15, -0.1) is 14.8 Å². The predicted octanol–water partition coefficient (Wildman–Crippen LogP) is 3.22. The lowest BCUT2D eigenvalue weighted by molar-refractivity contribution is -0.158. The Morgan fingerprint density at radius 1 is 1.04 bits per heavy atom.